The molecule has 8 heteroatoms. The minimum atomic E-state index is -0.576. The first kappa shape index (κ1) is 22.7. The molecule has 2 rings (SSSR count). The van der Waals surface area contributed by atoms with Crippen LogP contribution in [0.2, 0.25) is 0 Å². The number of nitrogens with zero attached hydrogens (tertiary/aromatic N) is 2. The minimum absolute atomic E-state index is 0.0274. The molecule has 0 spiro atoms. The summed E-state index contributed by atoms with van der Waals surface area (Å²) in [6, 6.07) is 3.14. The molecule has 1 aromatic rings. The Morgan fingerprint density at radius 1 is 1.31 bits per heavy atom. The Kier molecular flexibility index (Phi) is 7.66. The van der Waals surface area contributed by atoms with E-state index in [0.29, 0.717) is 6.61 Å². The summed E-state index contributed by atoms with van der Waals surface area (Å²) in [6.07, 6.45) is 2.60. The highest BCUT2D eigenvalue weighted by Crippen LogP contribution is 2.26. The molecule has 1 aromatic heterocycles. The number of nitriles is 1. The molecule has 1 saturated carbocycles. The normalized spacial score (nSPS) is 19.4. The molecule has 1 heterocycles. The third-order valence-electron chi connectivity index (χ3n) is 4.40. The summed E-state index contributed by atoms with van der Waals surface area (Å²) in [5.74, 6) is -0.0818. The van der Waals surface area contributed by atoms with Gasteiger partial charge in [-0.1, -0.05) is 13.8 Å². The zero-order valence-electron chi connectivity index (χ0n) is 17.8. The molecule has 0 bridgehead atoms. The smallest absolute Gasteiger partial charge is 0.407 e. The van der Waals surface area contributed by atoms with Crippen molar-refractivity contribution in [2.45, 2.75) is 78.0 Å². The molecule has 0 unspecified atom stereocenters. The van der Waals surface area contributed by atoms with Crippen LogP contribution in [-0.4, -0.2) is 35.4 Å². The van der Waals surface area contributed by atoms with Gasteiger partial charge >= 0.3 is 6.09 Å². The lowest BCUT2D eigenvalue weighted by molar-refractivity contribution is 0.0492. The van der Waals surface area contributed by atoms with Crippen molar-refractivity contribution in [2.75, 3.05) is 11.9 Å². The van der Waals surface area contributed by atoms with E-state index in [1.165, 1.54) is 0 Å². The van der Waals surface area contributed by atoms with E-state index in [0.717, 1.165) is 31.7 Å². The third-order valence-corrected chi connectivity index (χ3v) is 4.40. The van der Waals surface area contributed by atoms with Gasteiger partial charge in [0, 0.05) is 18.2 Å². The summed E-state index contributed by atoms with van der Waals surface area (Å²) >= 11 is 0. The fourth-order valence-electron chi connectivity index (χ4n) is 3.06. The Morgan fingerprint density at radius 2 is 1.93 bits per heavy atom. The summed E-state index contributed by atoms with van der Waals surface area (Å²) < 4.78 is 25.2. The second-order valence-electron chi connectivity index (χ2n) is 8.83. The van der Waals surface area contributed by atoms with E-state index < -0.39 is 17.5 Å². The van der Waals surface area contributed by atoms with Crippen LogP contribution in [0.4, 0.5) is 15.0 Å². The summed E-state index contributed by atoms with van der Waals surface area (Å²) in [6.45, 7) is 9.84. The van der Waals surface area contributed by atoms with Crippen LogP contribution in [0, 0.1) is 23.1 Å². The van der Waals surface area contributed by atoms with Crippen LogP contribution in [0.3, 0.4) is 0 Å². The minimum Gasteiger partial charge on any atom is -0.476 e. The van der Waals surface area contributed by atoms with Gasteiger partial charge in [0.2, 0.25) is 5.88 Å². The molecule has 2 N–H and O–H groups in total. The average Bonchev–Trinajstić information content (AvgIpc) is 2.61. The predicted molar refractivity (Wildman–Crippen MR) is 108 cm³/mol. The van der Waals surface area contributed by atoms with Crippen LogP contribution < -0.4 is 15.4 Å². The van der Waals surface area contributed by atoms with E-state index in [-0.39, 0.29) is 35.3 Å². The first-order chi connectivity index (χ1) is 13.6. The van der Waals surface area contributed by atoms with Crippen LogP contribution in [0.25, 0.3) is 0 Å². The number of ether oxygens (including phenoxy) is 2. The Bertz CT molecular complexity index is 748. The number of anilines is 1. The highest BCUT2D eigenvalue weighted by Gasteiger charge is 2.26. The van der Waals surface area contributed by atoms with Gasteiger partial charge in [-0.2, -0.15) is 10.2 Å². The maximum absolute atomic E-state index is 14.4. The second-order valence-corrected chi connectivity index (χ2v) is 8.83. The van der Waals surface area contributed by atoms with Gasteiger partial charge in [-0.05, 0) is 52.4 Å². The number of hydrogen-bond donors (Lipinski definition) is 2. The van der Waals surface area contributed by atoms with Crippen molar-refractivity contribution in [3.05, 3.63) is 17.4 Å². The standard InChI is InChI=1S/C21H31FN4O3/c1-13(2)12-28-19-14(11-23)10-17(22)18(26-19)24-15-6-8-16(9-7-15)25-20(27)29-21(3,4)5/h10,13,15-16H,6-9,12H2,1-5H3,(H,24,26)(H,25,27). The fourth-order valence-corrected chi connectivity index (χ4v) is 3.06. The van der Waals surface area contributed by atoms with Crippen molar-refractivity contribution >= 4 is 11.9 Å². The third kappa shape index (κ3) is 7.41. The molecular formula is C21H31FN4O3. The van der Waals surface area contributed by atoms with E-state index in [1.807, 2.05) is 40.7 Å². The van der Waals surface area contributed by atoms with Gasteiger partial charge in [-0.25, -0.2) is 9.18 Å². The topological polar surface area (TPSA) is 96.3 Å². The van der Waals surface area contributed by atoms with E-state index >= 15 is 0 Å². The highest BCUT2D eigenvalue weighted by atomic mass is 19.1. The number of carbonyl (C=O) groups excluding carboxylic acids is 1. The van der Waals surface area contributed by atoms with Gasteiger partial charge in [0.1, 0.15) is 17.2 Å². The highest BCUT2D eigenvalue weighted by molar-refractivity contribution is 5.68. The molecule has 160 valence electrons. The van der Waals surface area contributed by atoms with Crippen molar-refractivity contribution in [3.8, 4) is 11.9 Å². The van der Waals surface area contributed by atoms with E-state index in [4.69, 9.17) is 9.47 Å². The van der Waals surface area contributed by atoms with E-state index in [2.05, 4.69) is 15.6 Å². The molecule has 1 fully saturated rings. The first-order valence-corrected chi connectivity index (χ1v) is 10.1. The molecule has 1 amide bonds. The van der Waals surface area contributed by atoms with E-state index in [1.54, 1.807) is 0 Å². The summed E-state index contributed by atoms with van der Waals surface area (Å²) in [5, 5.41) is 15.2. The number of amides is 1. The number of hydrogen-bond acceptors (Lipinski definition) is 6. The number of aromatic nitrogens is 1. The molecule has 0 aliphatic heterocycles. The zero-order valence-corrected chi connectivity index (χ0v) is 17.8. The molecule has 0 aromatic carbocycles. The largest absolute Gasteiger partial charge is 0.476 e. The Hall–Kier alpha value is -2.56. The van der Waals surface area contributed by atoms with Crippen molar-refractivity contribution in [1.82, 2.24) is 10.3 Å². The number of alkyl carbamates (subject to hydrolysis) is 1. The maximum atomic E-state index is 14.4. The van der Waals surface area contributed by atoms with E-state index in [9.17, 15) is 14.4 Å². The number of pyridine rings is 1. The van der Waals surface area contributed by atoms with Crippen LogP contribution >= 0.6 is 0 Å². The number of halogens is 1. The number of nitrogens with one attached hydrogen (secondary N) is 2. The predicted octanol–water partition coefficient (Wildman–Crippen LogP) is 4.37. The summed E-state index contributed by atoms with van der Waals surface area (Å²) in [7, 11) is 0. The van der Waals surface area contributed by atoms with Crippen molar-refractivity contribution in [2.24, 2.45) is 5.92 Å². The Morgan fingerprint density at radius 3 is 2.48 bits per heavy atom. The first-order valence-electron chi connectivity index (χ1n) is 10.1. The van der Waals surface area contributed by atoms with Crippen LogP contribution in [0.5, 0.6) is 5.88 Å². The van der Waals surface area contributed by atoms with Crippen molar-refractivity contribution < 1.29 is 18.7 Å². The second kappa shape index (κ2) is 9.77. The number of carbonyl (C=O) groups is 1. The molecule has 1 aliphatic rings. The van der Waals surface area contributed by atoms with Gasteiger partial charge in [-0.3, -0.25) is 0 Å². The summed E-state index contributed by atoms with van der Waals surface area (Å²) in [5.41, 5.74) is -0.448. The zero-order chi connectivity index (χ0) is 21.6. The molecule has 0 atom stereocenters. The van der Waals surface area contributed by atoms with Gasteiger partial charge < -0.3 is 20.1 Å². The monoisotopic (exact) mass is 406 g/mol. The maximum Gasteiger partial charge on any atom is 0.407 e. The Labute approximate surface area is 172 Å². The lowest BCUT2D eigenvalue weighted by Crippen LogP contribution is -2.42. The molecule has 29 heavy (non-hydrogen) atoms. The van der Waals surface area contributed by atoms with Gasteiger partial charge in [0.05, 0.1) is 6.61 Å². The molecule has 1 aliphatic carbocycles. The fraction of sp³-hybridized carbons (Fsp3) is 0.667. The Balaban J connectivity index is 1.93. The van der Waals surface area contributed by atoms with Gasteiger partial charge in [0.15, 0.2) is 11.6 Å². The molecule has 0 saturated heterocycles. The SMILES string of the molecule is CC(C)COc1nc(NC2CCC(NC(=O)OC(C)(C)C)CC2)c(F)cc1C#N. The summed E-state index contributed by atoms with van der Waals surface area (Å²) in [4.78, 5) is 16.1. The molecular weight excluding hydrogens is 375 g/mol. The van der Waals surface area contributed by atoms with Crippen LogP contribution in [0.15, 0.2) is 6.07 Å². The van der Waals surface area contributed by atoms with Gasteiger partial charge in [0.25, 0.3) is 0 Å². The molecule has 7 nitrogen and oxygen atoms in total. The van der Waals surface area contributed by atoms with Crippen molar-refractivity contribution in [3.63, 3.8) is 0 Å². The lowest BCUT2D eigenvalue weighted by Gasteiger charge is -2.30. The van der Waals surface area contributed by atoms with Gasteiger partial charge in [-0.15, -0.1) is 0 Å². The molecule has 0 radical (unpaired) electrons. The quantitative estimate of drug-likeness (QED) is 0.728. The van der Waals surface area contributed by atoms with Crippen molar-refractivity contribution in [1.29, 1.82) is 5.26 Å². The number of rotatable bonds is 6. The van der Waals surface area contributed by atoms with Crippen LogP contribution in [-0.2, 0) is 4.74 Å². The van der Waals surface area contributed by atoms with Crippen LogP contribution in [0.1, 0.15) is 65.9 Å². The lowest BCUT2D eigenvalue weighted by atomic mass is 9.91. The average molecular weight is 407 g/mol.